The summed E-state index contributed by atoms with van der Waals surface area (Å²) in [5, 5.41) is 0. The largest absolute Gasteiger partial charge is 0.465 e. The number of fused-ring (bicyclic) bond motifs is 1. The Morgan fingerprint density at radius 1 is 1.30 bits per heavy atom. The number of hydrogen-bond acceptors (Lipinski definition) is 5. The van der Waals surface area contributed by atoms with Crippen molar-refractivity contribution in [2.45, 2.75) is 52.2 Å². The highest BCUT2D eigenvalue weighted by molar-refractivity contribution is 5.92. The molecule has 2 aromatic rings. The van der Waals surface area contributed by atoms with Crippen LogP contribution in [0.5, 0.6) is 0 Å². The summed E-state index contributed by atoms with van der Waals surface area (Å²) < 4.78 is 10.3. The lowest BCUT2D eigenvalue weighted by atomic mass is 9.85. The van der Waals surface area contributed by atoms with Gasteiger partial charge in [0.05, 0.1) is 30.3 Å². The number of ether oxygens (including phenoxy) is 2. The van der Waals surface area contributed by atoms with Gasteiger partial charge in [0.15, 0.2) is 0 Å². The Labute approximate surface area is 159 Å². The van der Waals surface area contributed by atoms with E-state index in [9.17, 15) is 9.59 Å². The Morgan fingerprint density at radius 3 is 2.63 bits per heavy atom. The van der Waals surface area contributed by atoms with Gasteiger partial charge in [-0.25, -0.2) is 9.59 Å². The van der Waals surface area contributed by atoms with Gasteiger partial charge in [0, 0.05) is 18.4 Å². The molecule has 146 valence electrons. The number of esters is 1. The topological polar surface area (TPSA) is 84.5 Å². The molecule has 7 heteroatoms. The molecule has 0 radical (unpaired) electrons. The number of amides is 1. The molecular formula is C20H27N3O4. The van der Waals surface area contributed by atoms with Crippen LogP contribution in [0.1, 0.15) is 56.1 Å². The fourth-order valence-corrected chi connectivity index (χ4v) is 3.10. The molecule has 0 spiro atoms. The minimum absolute atomic E-state index is 0.309. The summed E-state index contributed by atoms with van der Waals surface area (Å²) in [5.41, 5.74) is 2.18. The molecule has 1 amide bonds. The van der Waals surface area contributed by atoms with Crippen LogP contribution in [0.15, 0.2) is 18.3 Å². The highest BCUT2D eigenvalue weighted by Crippen LogP contribution is 2.28. The molecule has 0 aliphatic heterocycles. The molecule has 1 saturated carbocycles. The minimum atomic E-state index is -0.535. The number of nitrogens with one attached hydrogen (secondary N) is 1. The Kier molecular flexibility index (Phi) is 5.39. The Balaban J connectivity index is 1.79. The molecule has 27 heavy (non-hydrogen) atoms. The van der Waals surface area contributed by atoms with E-state index in [-0.39, 0.29) is 6.09 Å². The zero-order valence-electron chi connectivity index (χ0n) is 16.4. The molecule has 3 rings (SSSR count). The van der Waals surface area contributed by atoms with E-state index in [1.54, 1.807) is 11.0 Å². The number of H-pyrrole nitrogens is 1. The summed E-state index contributed by atoms with van der Waals surface area (Å²) in [5.74, 6) is 0.104. The van der Waals surface area contributed by atoms with Crippen molar-refractivity contribution in [2.24, 2.45) is 5.92 Å². The average molecular weight is 373 g/mol. The molecule has 0 saturated heterocycles. The molecular weight excluding hydrogens is 346 g/mol. The summed E-state index contributed by atoms with van der Waals surface area (Å²) in [6, 6.07) is 3.61. The first-order valence-electron chi connectivity index (χ1n) is 9.29. The molecule has 0 bridgehead atoms. The molecule has 0 atom stereocenters. The lowest BCUT2D eigenvalue weighted by Crippen LogP contribution is -2.40. The van der Waals surface area contributed by atoms with E-state index >= 15 is 0 Å². The van der Waals surface area contributed by atoms with Gasteiger partial charge in [0.25, 0.3) is 0 Å². The number of carbonyl (C=O) groups is 2. The SMILES string of the molecule is COC(=O)c1cnc2cc(CN(CC3CCC3)C(=O)OC(C)(C)C)[nH]c2c1. The Hall–Kier alpha value is -2.57. The van der Waals surface area contributed by atoms with Crippen LogP contribution >= 0.6 is 0 Å². The van der Waals surface area contributed by atoms with E-state index in [1.165, 1.54) is 19.7 Å². The van der Waals surface area contributed by atoms with Crippen molar-refractivity contribution in [1.29, 1.82) is 0 Å². The lowest BCUT2D eigenvalue weighted by molar-refractivity contribution is 0.0170. The van der Waals surface area contributed by atoms with Gasteiger partial charge in [0.2, 0.25) is 0 Å². The van der Waals surface area contributed by atoms with Gasteiger partial charge < -0.3 is 19.4 Å². The number of nitrogens with zero attached hydrogens (tertiary/aromatic N) is 2. The second-order valence-electron chi connectivity index (χ2n) is 8.10. The number of methoxy groups -OCH3 is 1. The normalized spacial score (nSPS) is 14.7. The van der Waals surface area contributed by atoms with Crippen molar-refractivity contribution in [3.63, 3.8) is 0 Å². The monoisotopic (exact) mass is 373 g/mol. The maximum atomic E-state index is 12.6. The van der Waals surface area contributed by atoms with Crippen LogP contribution in [0.3, 0.4) is 0 Å². The number of pyridine rings is 1. The molecule has 0 aromatic carbocycles. The molecule has 2 heterocycles. The van der Waals surface area contributed by atoms with E-state index in [2.05, 4.69) is 9.97 Å². The van der Waals surface area contributed by atoms with Gasteiger partial charge in [-0.05, 0) is 51.7 Å². The fraction of sp³-hybridized carbons (Fsp3) is 0.550. The van der Waals surface area contributed by atoms with Crippen molar-refractivity contribution < 1.29 is 19.1 Å². The molecule has 1 aliphatic rings. The maximum absolute atomic E-state index is 12.6. The number of hydrogen-bond donors (Lipinski definition) is 1. The zero-order chi connectivity index (χ0) is 19.6. The standard InChI is InChI=1S/C20H27N3O4/c1-20(2,3)27-19(25)23(11-13-6-5-7-13)12-15-9-16-17(22-15)8-14(10-21-16)18(24)26-4/h8-10,13,22H,5-7,11-12H2,1-4H3. The van der Waals surface area contributed by atoms with Crippen molar-refractivity contribution in [2.75, 3.05) is 13.7 Å². The van der Waals surface area contributed by atoms with E-state index in [0.29, 0.717) is 24.6 Å². The van der Waals surface area contributed by atoms with Crippen LogP contribution < -0.4 is 0 Å². The Morgan fingerprint density at radius 2 is 2.04 bits per heavy atom. The third-order valence-corrected chi connectivity index (χ3v) is 4.66. The summed E-state index contributed by atoms with van der Waals surface area (Å²) in [7, 11) is 1.34. The maximum Gasteiger partial charge on any atom is 0.410 e. The van der Waals surface area contributed by atoms with Gasteiger partial charge >= 0.3 is 12.1 Å². The third-order valence-electron chi connectivity index (χ3n) is 4.66. The fourth-order valence-electron chi connectivity index (χ4n) is 3.10. The summed E-state index contributed by atoms with van der Waals surface area (Å²) in [6.45, 7) is 6.70. The van der Waals surface area contributed by atoms with Crippen LogP contribution in [-0.2, 0) is 16.0 Å². The third kappa shape index (κ3) is 4.78. The van der Waals surface area contributed by atoms with Crippen LogP contribution in [0, 0.1) is 5.92 Å². The minimum Gasteiger partial charge on any atom is -0.465 e. The molecule has 0 unspecified atom stereocenters. The van der Waals surface area contributed by atoms with Gasteiger partial charge in [-0.3, -0.25) is 4.98 Å². The van der Waals surface area contributed by atoms with Crippen molar-refractivity contribution in [3.8, 4) is 0 Å². The van der Waals surface area contributed by atoms with E-state index in [0.717, 1.165) is 29.6 Å². The van der Waals surface area contributed by atoms with Gasteiger partial charge in [-0.15, -0.1) is 0 Å². The van der Waals surface area contributed by atoms with Crippen LogP contribution in [0.25, 0.3) is 11.0 Å². The average Bonchev–Trinajstić information content (AvgIpc) is 2.95. The van der Waals surface area contributed by atoms with E-state index in [4.69, 9.17) is 9.47 Å². The number of aromatic nitrogens is 2. The first-order chi connectivity index (χ1) is 12.7. The summed E-state index contributed by atoms with van der Waals surface area (Å²) in [6.07, 6.45) is 4.70. The second kappa shape index (κ2) is 7.58. The quantitative estimate of drug-likeness (QED) is 0.804. The van der Waals surface area contributed by atoms with Crippen molar-refractivity contribution in [1.82, 2.24) is 14.9 Å². The van der Waals surface area contributed by atoms with Crippen LogP contribution in [0.4, 0.5) is 4.79 Å². The molecule has 1 fully saturated rings. The second-order valence-corrected chi connectivity index (χ2v) is 8.10. The number of carbonyl (C=O) groups excluding carboxylic acids is 2. The summed E-state index contributed by atoms with van der Waals surface area (Å²) in [4.78, 5) is 33.6. The van der Waals surface area contributed by atoms with Crippen LogP contribution in [0.2, 0.25) is 0 Å². The Bertz CT molecular complexity index is 833. The van der Waals surface area contributed by atoms with Crippen molar-refractivity contribution >= 4 is 23.1 Å². The van der Waals surface area contributed by atoms with Gasteiger partial charge in [0.1, 0.15) is 5.60 Å². The zero-order valence-corrected chi connectivity index (χ0v) is 16.4. The smallest absolute Gasteiger partial charge is 0.410 e. The summed E-state index contributed by atoms with van der Waals surface area (Å²) >= 11 is 0. The molecule has 1 aliphatic carbocycles. The number of rotatable bonds is 5. The first-order valence-corrected chi connectivity index (χ1v) is 9.29. The molecule has 7 nitrogen and oxygen atoms in total. The molecule has 1 N–H and O–H groups in total. The van der Waals surface area contributed by atoms with Gasteiger partial charge in [-0.1, -0.05) is 6.42 Å². The predicted octanol–water partition coefficient (Wildman–Crippen LogP) is 3.89. The van der Waals surface area contributed by atoms with Crippen molar-refractivity contribution in [3.05, 3.63) is 29.6 Å². The van der Waals surface area contributed by atoms with E-state index < -0.39 is 11.6 Å². The number of aromatic amines is 1. The predicted molar refractivity (Wildman–Crippen MR) is 101 cm³/mol. The molecule has 2 aromatic heterocycles. The lowest BCUT2D eigenvalue weighted by Gasteiger charge is -2.33. The highest BCUT2D eigenvalue weighted by Gasteiger charge is 2.27. The first kappa shape index (κ1) is 19.2. The van der Waals surface area contributed by atoms with Crippen LogP contribution in [-0.4, -0.2) is 46.2 Å². The highest BCUT2D eigenvalue weighted by atomic mass is 16.6. The van der Waals surface area contributed by atoms with E-state index in [1.807, 2.05) is 26.8 Å². The van der Waals surface area contributed by atoms with Gasteiger partial charge in [-0.2, -0.15) is 0 Å².